The Kier molecular flexibility index (Phi) is 4.70. The number of nitrogens with two attached hydrogens (primary N) is 2. The van der Waals surface area contributed by atoms with E-state index in [0.717, 1.165) is 0 Å². The van der Waals surface area contributed by atoms with Crippen molar-refractivity contribution in [2.24, 2.45) is 16.7 Å². The third-order valence-corrected chi connectivity index (χ3v) is 3.00. The van der Waals surface area contributed by atoms with E-state index in [0.29, 0.717) is 26.3 Å². The summed E-state index contributed by atoms with van der Waals surface area (Å²) in [6, 6.07) is 0. The van der Waals surface area contributed by atoms with Crippen molar-refractivity contribution in [2.75, 3.05) is 26.3 Å². The van der Waals surface area contributed by atoms with Crippen molar-refractivity contribution in [1.82, 2.24) is 4.90 Å². The van der Waals surface area contributed by atoms with Crippen LogP contribution in [0, 0.1) is 0 Å². The Hall–Kier alpha value is -0.950. The minimum Gasteiger partial charge on any atom is -0.378 e. The predicted molar refractivity (Wildman–Crippen MR) is 60.3 cm³/mol. The van der Waals surface area contributed by atoms with Crippen LogP contribution in [-0.4, -0.2) is 47.5 Å². The molecule has 1 aliphatic heterocycles. The molecule has 1 amide bonds. The number of ether oxygens (including phenoxy) is 1. The number of hydrazone groups is 1. The largest absolute Gasteiger partial charge is 0.378 e. The van der Waals surface area contributed by atoms with Gasteiger partial charge in [0.15, 0.2) is 5.17 Å². The molecule has 1 saturated heterocycles. The summed E-state index contributed by atoms with van der Waals surface area (Å²) in [5.41, 5.74) is 5.43. The standard InChI is InChI=1S/C8H16N4O2S/c1-6(15-8(9)11-10)7(13)12-2-4-14-5-3-12/h6H,2-5,10H2,1H3,(H2,9,11). The molecule has 1 heterocycles. The molecule has 0 bridgehead atoms. The first-order valence-electron chi connectivity index (χ1n) is 4.71. The number of rotatable bonds is 2. The fourth-order valence-electron chi connectivity index (χ4n) is 1.30. The quantitative estimate of drug-likeness (QED) is 0.280. The minimum absolute atomic E-state index is 0.0508. The molecule has 1 fully saturated rings. The van der Waals surface area contributed by atoms with E-state index in [2.05, 4.69) is 5.10 Å². The highest BCUT2D eigenvalue weighted by molar-refractivity contribution is 8.14. The van der Waals surface area contributed by atoms with E-state index >= 15 is 0 Å². The lowest BCUT2D eigenvalue weighted by Gasteiger charge is -2.28. The van der Waals surface area contributed by atoms with E-state index in [1.165, 1.54) is 11.8 Å². The molecule has 0 aromatic heterocycles. The van der Waals surface area contributed by atoms with Gasteiger partial charge < -0.3 is 21.2 Å². The van der Waals surface area contributed by atoms with Gasteiger partial charge in [-0.15, -0.1) is 0 Å². The van der Waals surface area contributed by atoms with Gasteiger partial charge in [0.2, 0.25) is 5.91 Å². The Morgan fingerprint density at radius 2 is 2.13 bits per heavy atom. The van der Waals surface area contributed by atoms with E-state index in [1.807, 2.05) is 0 Å². The Morgan fingerprint density at radius 3 is 2.67 bits per heavy atom. The number of hydrogen-bond donors (Lipinski definition) is 2. The molecule has 6 nitrogen and oxygen atoms in total. The zero-order valence-corrected chi connectivity index (χ0v) is 9.50. The van der Waals surface area contributed by atoms with E-state index in [-0.39, 0.29) is 16.3 Å². The molecular formula is C8H16N4O2S. The third kappa shape index (κ3) is 3.60. The highest BCUT2D eigenvalue weighted by Gasteiger charge is 2.23. The monoisotopic (exact) mass is 232 g/mol. The van der Waals surface area contributed by atoms with Crippen molar-refractivity contribution in [3.05, 3.63) is 0 Å². The van der Waals surface area contributed by atoms with Crippen molar-refractivity contribution < 1.29 is 9.53 Å². The Labute approximate surface area is 93.0 Å². The molecule has 86 valence electrons. The van der Waals surface area contributed by atoms with Crippen LogP contribution < -0.4 is 11.6 Å². The molecule has 1 atom stereocenters. The van der Waals surface area contributed by atoms with Gasteiger partial charge in [0.25, 0.3) is 0 Å². The average molecular weight is 232 g/mol. The van der Waals surface area contributed by atoms with Gasteiger partial charge in [0.05, 0.1) is 18.5 Å². The minimum atomic E-state index is -0.254. The molecule has 7 heteroatoms. The average Bonchev–Trinajstić information content (AvgIpc) is 2.29. The molecule has 0 aliphatic carbocycles. The topological polar surface area (TPSA) is 93.9 Å². The molecule has 0 aromatic carbocycles. The van der Waals surface area contributed by atoms with Gasteiger partial charge in [0.1, 0.15) is 0 Å². The molecule has 1 unspecified atom stereocenters. The second-order valence-corrected chi connectivity index (χ2v) is 4.53. The first kappa shape index (κ1) is 12.1. The van der Waals surface area contributed by atoms with E-state index in [1.54, 1.807) is 11.8 Å². The number of amidine groups is 1. The van der Waals surface area contributed by atoms with Crippen LogP contribution in [0.15, 0.2) is 5.10 Å². The molecule has 15 heavy (non-hydrogen) atoms. The summed E-state index contributed by atoms with van der Waals surface area (Å²) in [5, 5.41) is 3.29. The van der Waals surface area contributed by atoms with Crippen LogP contribution in [-0.2, 0) is 9.53 Å². The summed E-state index contributed by atoms with van der Waals surface area (Å²) in [6.45, 7) is 4.28. The molecule has 0 spiro atoms. The number of hydrogen-bond acceptors (Lipinski definition) is 5. The van der Waals surface area contributed by atoms with Gasteiger partial charge in [-0.25, -0.2) is 0 Å². The molecule has 0 radical (unpaired) electrons. The molecule has 4 N–H and O–H groups in total. The maximum Gasteiger partial charge on any atom is 0.236 e. The fraction of sp³-hybridized carbons (Fsp3) is 0.750. The molecule has 1 rings (SSSR count). The van der Waals surface area contributed by atoms with Gasteiger partial charge in [-0.1, -0.05) is 11.8 Å². The fourth-order valence-corrected chi connectivity index (χ4v) is 1.98. The van der Waals surface area contributed by atoms with Gasteiger partial charge in [-0.2, -0.15) is 5.10 Å². The van der Waals surface area contributed by atoms with Crippen LogP contribution >= 0.6 is 11.8 Å². The van der Waals surface area contributed by atoms with Gasteiger partial charge in [0, 0.05) is 13.1 Å². The molecular weight excluding hydrogens is 216 g/mol. The first-order chi connectivity index (χ1) is 7.15. The molecule has 0 saturated carbocycles. The predicted octanol–water partition coefficient (Wildman–Crippen LogP) is -0.845. The van der Waals surface area contributed by atoms with Crippen LogP contribution in [0.1, 0.15) is 6.92 Å². The smallest absolute Gasteiger partial charge is 0.236 e. The number of morpholine rings is 1. The lowest BCUT2D eigenvalue weighted by atomic mass is 10.3. The number of nitrogens with zero attached hydrogens (tertiary/aromatic N) is 2. The van der Waals surface area contributed by atoms with Gasteiger partial charge >= 0.3 is 0 Å². The normalized spacial score (nSPS) is 20.1. The zero-order valence-electron chi connectivity index (χ0n) is 8.68. The van der Waals surface area contributed by atoms with Crippen molar-refractivity contribution in [3.8, 4) is 0 Å². The van der Waals surface area contributed by atoms with Crippen molar-refractivity contribution in [1.29, 1.82) is 0 Å². The second-order valence-electron chi connectivity index (χ2n) is 3.17. The Morgan fingerprint density at radius 1 is 1.53 bits per heavy atom. The SMILES string of the molecule is CC(SC(N)=NN)C(=O)N1CCOCC1. The summed E-state index contributed by atoms with van der Waals surface area (Å²) in [7, 11) is 0. The maximum absolute atomic E-state index is 11.8. The molecule has 0 aromatic rings. The summed E-state index contributed by atoms with van der Waals surface area (Å²) >= 11 is 1.17. The Bertz CT molecular complexity index is 253. The second kappa shape index (κ2) is 5.82. The van der Waals surface area contributed by atoms with Gasteiger partial charge in [-0.3, -0.25) is 4.79 Å². The van der Waals surface area contributed by atoms with Crippen molar-refractivity contribution in [3.63, 3.8) is 0 Å². The summed E-state index contributed by atoms with van der Waals surface area (Å²) in [5.74, 6) is 5.05. The Balaban J connectivity index is 2.44. The summed E-state index contributed by atoms with van der Waals surface area (Å²) in [6.07, 6.45) is 0. The lowest BCUT2D eigenvalue weighted by molar-refractivity contribution is -0.134. The van der Waals surface area contributed by atoms with Crippen LogP contribution in [0.25, 0.3) is 0 Å². The van der Waals surface area contributed by atoms with Crippen LogP contribution in [0.4, 0.5) is 0 Å². The van der Waals surface area contributed by atoms with E-state index in [9.17, 15) is 4.79 Å². The maximum atomic E-state index is 11.8. The van der Waals surface area contributed by atoms with E-state index in [4.69, 9.17) is 16.3 Å². The molecule has 1 aliphatic rings. The van der Waals surface area contributed by atoms with Crippen LogP contribution in [0.2, 0.25) is 0 Å². The zero-order chi connectivity index (χ0) is 11.3. The van der Waals surface area contributed by atoms with Crippen molar-refractivity contribution >= 4 is 22.8 Å². The van der Waals surface area contributed by atoms with Crippen molar-refractivity contribution in [2.45, 2.75) is 12.2 Å². The number of carbonyl (C=O) groups excluding carboxylic acids is 1. The highest BCUT2D eigenvalue weighted by atomic mass is 32.2. The van der Waals surface area contributed by atoms with Crippen LogP contribution in [0.5, 0.6) is 0 Å². The number of thioether (sulfide) groups is 1. The van der Waals surface area contributed by atoms with Gasteiger partial charge in [-0.05, 0) is 6.92 Å². The summed E-state index contributed by atoms with van der Waals surface area (Å²) in [4.78, 5) is 13.6. The third-order valence-electron chi connectivity index (χ3n) is 2.10. The first-order valence-corrected chi connectivity index (χ1v) is 5.59. The van der Waals surface area contributed by atoms with E-state index < -0.39 is 0 Å². The highest BCUT2D eigenvalue weighted by Crippen LogP contribution is 2.13. The lowest BCUT2D eigenvalue weighted by Crippen LogP contribution is -2.44. The van der Waals surface area contributed by atoms with Crippen LogP contribution in [0.3, 0.4) is 0 Å². The summed E-state index contributed by atoms with van der Waals surface area (Å²) < 4.78 is 5.16. The number of amides is 1. The number of carbonyl (C=O) groups is 1.